The summed E-state index contributed by atoms with van der Waals surface area (Å²) < 4.78 is 5.18. The number of hydrogen-bond acceptors (Lipinski definition) is 3. The smallest absolute Gasteiger partial charge is 0.339 e. The Morgan fingerprint density at radius 1 is 1.33 bits per heavy atom. The van der Waals surface area contributed by atoms with Crippen LogP contribution in [0, 0.1) is 0 Å². The quantitative estimate of drug-likeness (QED) is 0.849. The molecule has 1 aromatic carbocycles. The van der Waals surface area contributed by atoms with Crippen molar-refractivity contribution in [2.24, 2.45) is 0 Å². The van der Waals surface area contributed by atoms with E-state index in [9.17, 15) is 4.79 Å². The Balaban J connectivity index is 2.11. The van der Waals surface area contributed by atoms with E-state index in [1.807, 2.05) is 24.3 Å². The number of aryl methyl sites for hydroxylation is 1. The second kappa shape index (κ2) is 5.40. The molecule has 0 fully saturated rings. The number of rotatable bonds is 5. The standard InChI is InChI=1S/C14H15NO3/c1-2-10-5-3-4-6-12(10)15-9-13-11(14(16)17)7-8-18-13/h3-8,15H,2,9H2,1H3,(H,16,17). The fourth-order valence-corrected chi connectivity index (χ4v) is 1.84. The van der Waals surface area contributed by atoms with Crippen molar-refractivity contribution in [2.45, 2.75) is 19.9 Å². The lowest BCUT2D eigenvalue weighted by Gasteiger charge is -2.09. The summed E-state index contributed by atoms with van der Waals surface area (Å²) in [6.45, 7) is 2.45. The molecule has 0 aliphatic carbocycles. The first-order valence-corrected chi connectivity index (χ1v) is 5.83. The van der Waals surface area contributed by atoms with E-state index in [2.05, 4.69) is 12.2 Å². The third kappa shape index (κ3) is 2.53. The number of carbonyl (C=O) groups is 1. The summed E-state index contributed by atoms with van der Waals surface area (Å²) in [5.41, 5.74) is 2.41. The average molecular weight is 245 g/mol. The Kier molecular flexibility index (Phi) is 3.67. The SMILES string of the molecule is CCc1ccccc1NCc1occc1C(=O)O. The molecule has 0 saturated carbocycles. The van der Waals surface area contributed by atoms with Crippen LogP contribution in [-0.2, 0) is 13.0 Å². The van der Waals surface area contributed by atoms with Gasteiger partial charge in [-0.05, 0) is 24.1 Å². The zero-order valence-corrected chi connectivity index (χ0v) is 10.1. The fourth-order valence-electron chi connectivity index (χ4n) is 1.84. The van der Waals surface area contributed by atoms with E-state index in [0.29, 0.717) is 12.3 Å². The topological polar surface area (TPSA) is 62.5 Å². The summed E-state index contributed by atoms with van der Waals surface area (Å²) in [5, 5.41) is 12.2. The number of anilines is 1. The van der Waals surface area contributed by atoms with Gasteiger partial charge in [0.15, 0.2) is 0 Å². The van der Waals surface area contributed by atoms with Crippen molar-refractivity contribution < 1.29 is 14.3 Å². The van der Waals surface area contributed by atoms with E-state index >= 15 is 0 Å². The van der Waals surface area contributed by atoms with Gasteiger partial charge in [0.1, 0.15) is 11.3 Å². The molecule has 4 heteroatoms. The number of furan rings is 1. The molecule has 0 spiro atoms. The van der Waals surface area contributed by atoms with Crippen LogP contribution in [0.3, 0.4) is 0 Å². The number of carboxylic acid groups (broad SMARTS) is 1. The number of aromatic carboxylic acids is 1. The van der Waals surface area contributed by atoms with Crippen molar-refractivity contribution in [3.05, 3.63) is 53.5 Å². The second-order valence-electron chi connectivity index (χ2n) is 3.93. The predicted molar refractivity (Wildman–Crippen MR) is 68.8 cm³/mol. The second-order valence-corrected chi connectivity index (χ2v) is 3.93. The van der Waals surface area contributed by atoms with E-state index in [-0.39, 0.29) is 5.56 Å². The lowest BCUT2D eigenvalue weighted by molar-refractivity contribution is 0.0694. The summed E-state index contributed by atoms with van der Waals surface area (Å²) in [6, 6.07) is 9.41. The highest BCUT2D eigenvalue weighted by molar-refractivity contribution is 5.88. The van der Waals surface area contributed by atoms with Crippen LogP contribution in [0.15, 0.2) is 41.0 Å². The van der Waals surface area contributed by atoms with Crippen LogP contribution in [0.4, 0.5) is 5.69 Å². The molecule has 2 rings (SSSR count). The van der Waals surface area contributed by atoms with Crippen LogP contribution in [0.5, 0.6) is 0 Å². The minimum absolute atomic E-state index is 0.205. The predicted octanol–water partition coefficient (Wildman–Crippen LogP) is 3.15. The van der Waals surface area contributed by atoms with Crippen LogP contribution in [-0.4, -0.2) is 11.1 Å². The molecule has 0 radical (unpaired) electrons. The number of nitrogens with one attached hydrogen (secondary N) is 1. The summed E-state index contributed by atoms with van der Waals surface area (Å²) in [6.07, 6.45) is 2.32. The Bertz CT molecular complexity index is 545. The molecule has 1 aromatic heterocycles. The summed E-state index contributed by atoms with van der Waals surface area (Å²) in [5.74, 6) is -0.530. The molecular weight excluding hydrogens is 230 g/mol. The molecule has 2 N–H and O–H groups in total. The molecular formula is C14H15NO3. The van der Waals surface area contributed by atoms with Crippen LogP contribution in [0.25, 0.3) is 0 Å². The Morgan fingerprint density at radius 3 is 2.83 bits per heavy atom. The van der Waals surface area contributed by atoms with Gasteiger partial charge in [-0.3, -0.25) is 0 Å². The van der Waals surface area contributed by atoms with E-state index < -0.39 is 5.97 Å². The van der Waals surface area contributed by atoms with Crippen molar-refractivity contribution in [3.8, 4) is 0 Å². The third-order valence-corrected chi connectivity index (χ3v) is 2.81. The molecule has 0 aliphatic rings. The molecule has 0 aliphatic heterocycles. The van der Waals surface area contributed by atoms with Gasteiger partial charge < -0.3 is 14.8 Å². The highest BCUT2D eigenvalue weighted by Crippen LogP contribution is 2.18. The van der Waals surface area contributed by atoms with Gasteiger partial charge in [-0.2, -0.15) is 0 Å². The molecule has 18 heavy (non-hydrogen) atoms. The fraction of sp³-hybridized carbons (Fsp3) is 0.214. The first-order chi connectivity index (χ1) is 8.72. The van der Waals surface area contributed by atoms with Crippen molar-refractivity contribution in [3.63, 3.8) is 0 Å². The summed E-state index contributed by atoms with van der Waals surface area (Å²) >= 11 is 0. The van der Waals surface area contributed by atoms with E-state index in [4.69, 9.17) is 9.52 Å². The highest BCUT2D eigenvalue weighted by Gasteiger charge is 2.13. The average Bonchev–Trinajstić information content (AvgIpc) is 2.85. The van der Waals surface area contributed by atoms with Gasteiger partial charge in [-0.1, -0.05) is 25.1 Å². The summed E-state index contributed by atoms with van der Waals surface area (Å²) in [7, 11) is 0. The van der Waals surface area contributed by atoms with Gasteiger partial charge in [0.05, 0.1) is 12.8 Å². The first-order valence-electron chi connectivity index (χ1n) is 5.83. The largest absolute Gasteiger partial charge is 0.478 e. The summed E-state index contributed by atoms with van der Waals surface area (Å²) in [4.78, 5) is 10.9. The number of hydrogen-bond donors (Lipinski definition) is 2. The molecule has 0 amide bonds. The number of benzene rings is 1. The van der Waals surface area contributed by atoms with E-state index in [1.54, 1.807) is 0 Å². The van der Waals surface area contributed by atoms with E-state index in [1.165, 1.54) is 17.9 Å². The zero-order valence-electron chi connectivity index (χ0n) is 10.1. The van der Waals surface area contributed by atoms with Crippen molar-refractivity contribution >= 4 is 11.7 Å². The van der Waals surface area contributed by atoms with Gasteiger partial charge >= 0.3 is 5.97 Å². The Morgan fingerprint density at radius 2 is 2.11 bits per heavy atom. The maximum absolute atomic E-state index is 10.9. The van der Waals surface area contributed by atoms with E-state index in [0.717, 1.165) is 12.1 Å². The van der Waals surface area contributed by atoms with Crippen LogP contribution >= 0.6 is 0 Å². The minimum Gasteiger partial charge on any atom is -0.478 e. The van der Waals surface area contributed by atoms with Crippen LogP contribution < -0.4 is 5.32 Å². The normalized spacial score (nSPS) is 10.3. The van der Waals surface area contributed by atoms with Gasteiger partial charge in [0.2, 0.25) is 0 Å². The maximum atomic E-state index is 10.9. The lowest BCUT2D eigenvalue weighted by Crippen LogP contribution is -2.05. The van der Waals surface area contributed by atoms with Gasteiger partial charge in [-0.15, -0.1) is 0 Å². The minimum atomic E-state index is -0.968. The molecule has 0 atom stereocenters. The molecule has 1 heterocycles. The van der Waals surface area contributed by atoms with Crippen molar-refractivity contribution in [1.82, 2.24) is 0 Å². The van der Waals surface area contributed by atoms with Gasteiger partial charge in [0.25, 0.3) is 0 Å². The monoisotopic (exact) mass is 245 g/mol. The first kappa shape index (κ1) is 12.2. The molecule has 0 saturated heterocycles. The lowest BCUT2D eigenvalue weighted by atomic mass is 10.1. The maximum Gasteiger partial charge on any atom is 0.339 e. The van der Waals surface area contributed by atoms with Crippen LogP contribution in [0.2, 0.25) is 0 Å². The van der Waals surface area contributed by atoms with Crippen molar-refractivity contribution in [2.75, 3.05) is 5.32 Å². The molecule has 94 valence electrons. The van der Waals surface area contributed by atoms with Crippen LogP contribution in [0.1, 0.15) is 28.6 Å². The van der Waals surface area contributed by atoms with Gasteiger partial charge in [0, 0.05) is 5.69 Å². The molecule has 4 nitrogen and oxygen atoms in total. The molecule has 0 bridgehead atoms. The Labute approximate surface area is 105 Å². The highest BCUT2D eigenvalue weighted by atomic mass is 16.4. The number of para-hydroxylation sites is 1. The molecule has 0 unspecified atom stereocenters. The van der Waals surface area contributed by atoms with Gasteiger partial charge in [-0.25, -0.2) is 4.79 Å². The Hall–Kier alpha value is -2.23. The third-order valence-electron chi connectivity index (χ3n) is 2.81. The zero-order chi connectivity index (χ0) is 13.0. The van der Waals surface area contributed by atoms with Crippen molar-refractivity contribution in [1.29, 1.82) is 0 Å². The number of carboxylic acids is 1. The molecule has 2 aromatic rings.